The fourth-order valence-corrected chi connectivity index (χ4v) is 1.26. The van der Waals surface area contributed by atoms with Crippen molar-refractivity contribution in [3.8, 4) is 0 Å². The summed E-state index contributed by atoms with van der Waals surface area (Å²) < 4.78 is 39.4. The maximum absolute atomic E-state index is 11.7. The number of hydrogen-bond acceptors (Lipinski definition) is 2. The van der Waals surface area contributed by atoms with Crippen LogP contribution in [0.5, 0.6) is 0 Å². The SMILES string of the molecule is CC(CCl)CCCNCCOCC(F)(F)F. The fourth-order valence-electron chi connectivity index (χ4n) is 1.11. The maximum atomic E-state index is 11.7. The quantitative estimate of drug-likeness (QED) is 0.509. The van der Waals surface area contributed by atoms with Gasteiger partial charge in [0.2, 0.25) is 0 Å². The van der Waals surface area contributed by atoms with Gasteiger partial charge in [-0.25, -0.2) is 0 Å². The van der Waals surface area contributed by atoms with Gasteiger partial charge in [0.05, 0.1) is 6.61 Å². The van der Waals surface area contributed by atoms with E-state index in [0.717, 1.165) is 19.4 Å². The van der Waals surface area contributed by atoms with Crippen LogP contribution in [-0.4, -0.2) is 38.4 Å². The Kier molecular flexibility index (Phi) is 9.07. The Balaban J connectivity index is 3.10. The van der Waals surface area contributed by atoms with Gasteiger partial charge in [0.15, 0.2) is 0 Å². The molecule has 0 rings (SSSR count). The van der Waals surface area contributed by atoms with Gasteiger partial charge >= 0.3 is 6.18 Å². The Morgan fingerprint density at radius 3 is 2.56 bits per heavy atom. The number of nitrogens with one attached hydrogen (secondary N) is 1. The molecule has 0 heterocycles. The second-order valence-corrected chi connectivity index (χ2v) is 4.13. The van der Waals surface area contributed by atoms with E-state index in [1.54, 1.807) is 0 Å². The molecule has 0 aromatic heterocycles. The summed E-state index contributed by atoms with van der Waals surface area (Å²) in [6, 6.07) is 0. The average molecular weight is 262 g/mol. The van der Waals surface area contributed by atoms with Crippen LogP contribution in [0.15, 0.2) is 0 Å². The van der Waals surface area contributed by atoms with E-state index in [4.69, 9.17) is 11.6 Å². The van der Waals surface area contributed by atoms with Gasteiger partial charge in [-0.15, -0.1) is 11.6 Å². The predicted octanol–water partition coefficient (Wildman–Crippen LogP) is 2.81. The van der Waals surface area contributed by atoms with Crippen LogP contribution in [0.1, 0.15) is 19.8 Å². The van der Waals surface area contributed by atoms with Gasteiger partial charge in [-0.3, -0.25) is 0 Å². The van der Waals surface area contributed by atoms with Gasteiger partial charge in [0.25, 0.3) is 0 Å². The van der Waals surface area contributed by atoms with Crippen LogP contribution in [0.25, 0.3) is 0 Å². The number of alkyl halides is 4. The molecule has 0 saturated carbocycles. The molecule has 0 aliphatic rings. The van der Waals surface area contributed by atoms with E-state index in [1.807, 2.05) is 0 Å². The van der Waals surface area contributed by atoms with Crippen molar-refractivity contribution < 1.29 is 17.9 Å². The van der Waals surface area contributed by atoms with Gasteiger partial charge in [-0.05, 0) is 25.3 Å². The molecule has 0 aliphatic heterocycles. The summed E-state index contributed by atoms with van der Waals surface area (Å²) in [6.07, 6.45) is -2.22. The smallest absolute Gasteiger partial charge is 0.371 e. The Morgan fingerprint density at radius 2 is 2.00 bits per heavy atom. The second-order valence-electron chi connectivity index (χ2n) is 3.82. The lowest BCUT2D eigenvalue weighted by atomic mass is 10.1. The molecule has 1 N–H and O–H groups in total. The van der Waals surface area contributed by atoms with E-state index in [2.05, 4.69) is 17.0 Å². The van der Waals surface area contributed by atoms with Gasteiger partial charge in [0, 0.05) is 12.4 Å². The van der Waals surface area contributed by atoms with Crippen molar-refractivity contribution in [1.82, 2.24) is 5.32 Å². The average Bonchev–Trinajstić information content (AvgIpc) is 2.20. The maximum Gasteiger partial charge on any atom is 0.411 e. The minimum atomic E-state index is -4.23. The van der Waals surface area contributed by atoms with Crippen LogP contribution in [-0.2, 0) is 4.74 Å². The molecule has 0 radical (unpaired) electrons. The summed E-state index contributed by atoms with van der Waals surface area (Å²) in [5.41, 5.74) is 0. The molecule has 0 aliphatic carbocycles. The first-order chi connectivity index (χ1) is 7.45. The van der Waals surface area contributed by atoms with E-state index in [1.165, 1.54) is 0 Å². The van der Waals surface area contributed by atoms with Crippen LogP contribution in [0.4, 0.5) is 13.2 Å². The predicted molar refractivity (Wildman–Crippen MR) is 58.9 cm³/mol. The first-order valence-corrected chi connectivity index (χ1v) is 5.90. The Hall–Kier alpha value is -0.0000000000000000555. The molecule has 0 aromatic rings. The third kappa shape index (κ3) is 12.1. The molecule has 0 saturated heterocycles. The van der Waals surface area contributed by atoms with Gasteiger partial charge in [0.1, 0.15) is 6.61 Å². The summed E-state index contributed by atoms with van der Waals surface area (Å²) in [6.45, 7) is 2.23. The van der Waals surface area contributed by atoms with Crippen LogP contribution in [0.2, 0.25) is 0 Å². The second kappa shape index (κ2) is 9.07. The Labute approximate surface area is 99.5 Å². The lowest BCUT2D eigenvalue weighted by molar-refractivity contribution is -0.173. The highest BCUT2D eigenvalue weighted by Gasteiger charge is 2.27. The van der Waals surface area contributed by atoms with Crippen molar-refractivity contribution in [1.29, 1.82) is 0 Å². The zero-order valence-corrected chi connectivity index (χ0v) is 10.2. The summed E-state index contributed by atoms with van der Waals surface area (Å²) >= 11 is 5.63. The van der Waals surface area contributed by atoms with Crippen molar-refractivity contribution in [2.75, 3.05) is 32.2 Å². The number of ether oxygens (including phenoxy) is 1. The topological polar surface area (TPSA) is 21.3 Å². The van der Waals surface area contributed by atoms with Gasteiger partial charge in [-0.1, -0.05) is 6.92 Å². The first kappa shape index (κ1) is 16.0. The largest absolute Gasteiger partial charge is 0.411 e. The number of halogens is 4. The van der Waals surface area contributed by atoms with E-state index < -0.39 is 12.8 Å². The lowest BCUT2D eigenvalue weighted by Crippen LogP contribution is -2.24. The molecule has 2 nitrogen and oxygen atoms in total. The highest BCUT2D eigenvalue weighted by Crippen LogP contribution is 2.13. The zero-order valence-electron chi connectivity index (χ0n) is 9.45. The molecule has 0 aromatic carbocycles. The highest BCUT2D eigenvalue weighted by atomic mass is 35.5. The van der Waals surface area contributed by atoms with Crippen LogP contribution in [0, 0.1) is 5.92 Å². The molecule has 1 atom stereocenters. The van der Waals surface area contributed by atoms with Crippen molar-refractivity contribution in [3.05, 3.63) is 0 Å². The lowest BCUT2D eigenvalue weighted by Gasteiger charge is -2.09. The van der Waals surface area contributed by atoms with Crippen LogP contribution >= 0.6 is 11.6 Å². The summed E-state index contributed by atoms with van der Waals surface area (Å²) in [4.78, 5) is 0. The van der Waals surface area contributed by atoms with Crippen molar-refractivity contribution in [2.24, 2.45) is 5.92 Å². The molecule has 98 valence electrons. The number of rotatable bonds is 9. The van der Waals surface area contributed by atoms with Crippen LogP contribution < -0.4 is 5.32 Å². The summed E-state index contributed by atoms with van der Waals surface area (Å²) in [5, 5.41) is 3.02. The van der Waals surface area contributed by atoms with Crippen molar-refractivity contribution >= 4 is 11.6 Å². The molecule has 6 heteroatoms. The van der Waals surface area contributed by atoms with E-state index >= 15 is 0 Å². The van der Waals surface area contributed by atoms with Crippen molar-refractivity contribution in [3.63, 3.8) is 0 Å². The molecule has 0 fully saturated rings. The van der Waals surface area contributed by atoms with Crippen LogP contribution in [0.3, 0.4) is 0 Å². The Morgan fingerprint density at radius 1 is 1.31 bits per heavy atom. The molecular weight excluding hydrogens is 243 g/mol. The van der Waals surface area contributed by atoms with E-state index in [-0.39, 0.29) is 6.61 Å². The first-order valence-electron chi connectivity index (χ1n) is 5.37. The normalized spacial score (nSPS) is 14.1. The monoisotopic (exact) mass is 261 g/mol. The molecule has 0 amide bonds. The fraction of sp³-hybridized carbons (Fsp3) is 1.00. The summed E-state index contributed by atoms with van der Waals surface area (Å²) in [5.74, 6) is 1.14. The summed E-state index contributed by atoms with van der Waals surface area (Å²) in [7, 11) is 0. The third-order valence-electron chi connectivity index (χ3n) is 2.00. The van der Waals surface area contributed by atoms with E-state index in [9.17, 15) is 13.2 Å². The zero-order chi connectivity index (χ0) is 12.4. The van der Waals surface area contributed by atoms with Gasteiger partial charge < -0.3 is 10.1 Å². The molecule has 1 unspecified atom stereocenters. The highest BCUT2D eigenvalue weighted by molar-refractivity contribution is 6.18. The standard InChI is InChI=1S/C10H19ClF3NO/c1-9(7-11)3-2-4-15-5-6-16-8-10(12,13)14/h9,15H,2-8H2,1H3. The molecule has 16 heavy (non-hydrogen) atoms. The number of hydrogen-bond donors (Lipinski definition) is 1. The minimum absolute atomic E-state index is 0.0879. The molecule has 0 bridgehead atoms. The van der Waals surface area contributed by atoms with Gasteiger partial charge in [-0.2, -0.15) is 13.2 Å². The van der Waals surface area contributed by atoms with Crippen molar-refractivity contribution in [2.45, 2.75) is 25.9 Å². The molecular formula is C10H19ClF3NO. The Bertz CT molecular complexity index is 167. The minimum Gasteiger partial charge on any atom is -0.371 e. The third-order valence-corrected chi connectivity index (χ3v) is 2.53. The van der Waals surface area contributed by atoms with E-state index in [0.29, 0.717) is 18.3 Å². The molecule has 0 spiro atoms.